The van der Waals surface area contributed by atoms with Crippen LogP contribution in [0.4, 0.5) is 8.78 Å². The minimum absolute atomic E-state index is 0. The van der Waals surface area contributed by atoms with Crippen LogP contribution in [0, 0.1) is 6.92 Å². The summed E-state index contributed by atoms with van der Waals surface area (Å²) in [7, 11) is 0. The molecular formula is C20H27F2IN4O3S. The lowest BCUT2D eigenvalue weighted by atomic mass is 10.2. The molecule has 7 nitrogen and oxygen atoms in total. The van der Waals surface area contributed by atoms with E-state index in [2.05, 4.69) is 25.3 Å². The number of hydrogen-bond acceptors (Lipinski definition) is 6. The number of ether oxygens (including phenoxy) is 2. The molecule has 0 aliphatic carbocycles. The maximum Gasteiger partial charge on any atom is 0.387 e. The number of rotatable bonds is 9. The Labute approximate surface area is 201 Å². The van der Waals surface area contributed by atoms with Crippen molar-refractivity contribution < 1.29 is 23.0 Å². The van der Waals surface area contributed by atoms with Gasteiger partial charge in [-0.2, -0.15) is 8.78 Å². The molecule has 0 saturated heterocycles. The van der Waals surface area contributed by atoms with Crippen molar-refractivity contribution in [3.8, 4) is 5.75 Å². The van der Waals surface area contributed by atoms with E-state index in [9.17, 15) is 13.6 Å². The number of esters is 1. The normalized spacial score (nSPS) is 12.2. The second-order valence-electron chi connectivity index (χ2n) is 6.23. The molecule has 0 aliphatic heterocycles. The van der Waals surface area contributed by atoms with Gasteiger partial charge in [0.25, 0.3) is 0 Å². The van der Waals surface area contributed by atoms with Crippen LogP contribution in [0.15, 0.2) is 29.3 Å². The fraction of sp³-hybridized carbons (Fsp3) is 0.450. The average Bonchev–Trinajstić information content (AvgIpc) is 3.09. The Morgan fingerprint density at radius 3 is 2.65 bits per heavy atom. The molecule has 0 saturated carbocycles. The largest absolute Gasteiger partial charge is 0.462 e. The molecule has 0 amide bonds. The van der Waals surface area contributed by atoms with Crippen LogP contribution in [0.5, 0.6) is 5.75 Å². The van der Waals surface area contributed by atoms with Gasteiger partial charge in [-0.15, -0.1) is 35.3 Å². The molecule has 2 N–H and O–H groups in total. The highest BCUT2D eigenvalue weighted by Crippen LogP contribution is 2.25. The lowest BCUT2D eigenvalue weighted by Crippen LogP contribution is -2.38. The summed E-state index contributed by atoms with van der Waals surface area (Å²) in [5, 5.41) is 7.05. The molecule has 0 spiro atoms. The number of benzene rings is 1. The van der Waals surface area contributed by atoms with E-state index in [0.717, 1.165) is 0 Å². The highest BCUT2D eigenvalue weighted by atomic mass is 127. The molecule has 1 aromatic carbocycles. The number of thiazole rings is 1. The molecule has 172 valence electrons. The number of nitrogens with one attached hydrogen (secondary N) is 2. The quantitative estimate of drug-likeness (QED) is 0.198. The van der Waals surface area contributed by atoms with Gasteiger partial charge < -0.3 is 20.1 Å². The van der Waals surface area contributed by atoms with Crippen LogP contribution in [-0.4, -0.2) is 36.7 Å². The minimum Gasteiger partial charge on any atom is -0.462 e. The molecule has 31 heavy (non-hydrogen) atoms. The van der Waals surface area contributed by atoms with Gasteiger partial charge >= 0.3 is 12.6 Å². The SMILES string of the molecule is CCNC(=NCc1ccccc1OC(F)F)NC(C)c1nc(C)c(C(=O)OCC)s1.I. The number of nitrogens with zero attached hydrogens (tertiary/aromatic N) is 2. The summed E-state index contributed by atoms with van der Waals surface area (Å²) >= 11 is 1.27. The van der Waals surface area contributed by atoms with Gasteiger partial charge in [0, 0.05) is 12.1 Å². The first-order valence-electron chi connectivity index (χ1n) is 9.57. The van der Waals surface area contributed by atoms with Crippen LogP contribution >= 0.6 is 35.3 Å². The van der Waals surface area contributed by atoms with Crippen molar-refractivity contribution in [2.45, 2.75) is 46.9 Å². The van der Waals surface area contributed by atoms with Crippen molar-refractivity contribution in [2.75, 3.05) is 13.2 Å². The van der Waals surface area contributed by atoms with Crippen LogP contribution in [0.25, 0.3) is 0 Å². The smallest absolute Gasteiger partial charge is 0.387 e. The number of guanidine groups is 1. The van der Waals surface area contributed by atoms with Gasteiger partial charge in [0.2, 0.25) is 0 Å². The van der Waals surface area contributed by atoms with E-state index in [4.69, 9.17) is 4.74 Å². The molecule has 2 aromatic rings. The number of carbonyl (C=O) groups is 1. The predicted octanol–water partition coefficient (Wildman–Crippen LogP) is 4.66. The first kappa shape index (κ1) is 27.0. The topological polar surface area (TPSA) is 84.8 Å². The molecule has 1 aromatic heterocycles. The lowest BCUT2D eigenvalue weighted by molar-refractivity contribution is -0.0504. The molecule has 1 unspecified atom stereocenters. The Morgan fingerprint density at radius 2 is 2.00 bits per heavy atom. The van der Waals surface area contributed by atoms with Crippen LogP contribution in [0.3, 0.4) is 0 Å². The fourth-order valence-electron chi connectivity index (χ4n) is 2.59. The first-order valence-corrected chi connectivity index (χ1v) is 10.4. The Balaban J connectivity index is 0.00000480. The zero-order valence-corrected chi connectivity index (χ0v) is 20.9. The summed E-state index contributed by atoms with van der Waals surface area (Å²) in [4.78, 5) is 21.4. The number of aryl methyl sites for hydroxylation is 1. The van der Waals surface area contributed by atoms with Crippen molar-refractivity contribution in [3.05, 3.63) is 45.4 Å². The van der Waals surface area contributed by atoms with Crippen molar-refractivity contribution in [2.24, 2.45) is 4.99 Å². The van der Waals surface area contributed by atoms with Crippen molar-refractivity contribution >= 4 is 47.2 Å². The van der Waals surface area contributed by atoms with Crippen LogP contribution < -0.4 is 15.4 Å². The fourth-order valence-corrected chi connectivity index (χ4v) is 3.55. The molecule has 0 aliphatic rings. The van der Waals surface area contributed by atoms with E-state index in [0.29, 0.717) is 40.3 Å². The molecular weight excluding hydrogens is 541 g/mol. The zero-order chi connectivity index (χ0) is 22.1. The Morgan fingerprint density at radius 1 is 1.29 bits per heavy atom. The van der Waals surface area contributed by atoms with Gasteiger partial charge in [-0.3, -0.25) is 0 Å². The summed E-state index contributed by atoms with van der Waals surface area (Å²) in [6.07, 6.45) is 0. The highest BCUT2D eigenvalue weighted by molar-refractivity contribution is 14.0. The second kappa shape index (κ2) is 13.4. The molecule has 1 heterocycles. The van der Waals surface area contributed by atoms with Crippen molar-refractivity contribution in [3.63, 3.8) is 0 Å². The van der Waals surface area contributed by atoms with E-state index in [-0.39, 0.29) is 48.3 Å². The summed E-state index contributed by atoms with van der Waals surface area (Å²) in [5.74, 6) is 0.194. The minimum atomic E-state index is -2.90. The standard InChI is InChI=1S/C20H26F2N4O3S.HI/c1-5-23-20(24-11-14-9-7-8-10-15(14)29-19(21)22)26-13(4)17-25-12(3)16(30-17)18(27)28-6-2;/h7-10,13,19H,5-6,11H2,1-4H3,(H2,23,24,26);1H. The van der Waals surface area contributed by atoms with E-state index < -0.39 is 6.61 Å². The average molecular weight is 568 g/mol. The van der Waals surface area contributed by atoms with E-state index in [1.807, 2.05) is 13.8 Å². The van der Waals surface area contributed by atoms with Gasteiger partial charge in [-0.05, 0) is 33.8 Å². The number of aliphatic imine (C=N–C) groups is 1. The number of alkyl halides is 2. The van der Waals surface area contributed by atoms with Gasteiger partial charge in [-0.1, -0.05) is 18.2 Å². The first-order chi connectivity index (χ1) is 14.3. The summed E-state index contributed by atoms with van der Waals surface area (Å²) in [5.41, 5.74) is 1.15. The van der Waals surface area contributed by atoms with Crippen LogP contribution in [0.2, 0.25) is 0 Å². The summed E-state index contributed by atoms with van der Waals surface area (Å²) in [6.45, 7) is 5.49. The number of aromatic nitrogens is 1. The Bertz CT molecular complexity index is 880. The Hall–Kier alpha value is -2.02. The molecule has 0 bridgehead atoms. The van der Waals surface area contributed by atoms with Crippen molar-refractivity contribution in [1.82, 2.24) is 15.6 Å². The second-order valence-corrected chi connectivity index (χ2v) is 7.27. The lowest BCUT2D eigenvalue weighted by Gasteiger charge is -2.16. The van der Waals surface area contributed by atoms with E-state index in [1.165, 1.54) is 17.4 Å². The van der Waals surface area contributed by atoms with E-state index >= 15 is 0 Å². The molecule has 2 rings (SSSR count). The highest BCUT2D eigenvalue weighted by Gasteiger charge is 2.20. The van der Waals surface area contributed by atoms with Gasteiger partial charge in [-0.25, -0.2) is 14.8 Å². The summed E-state index contributed by atoms with van der Waals surface area (Å²) < 4.78 is 34.8. The Kier molecular flexibility index (Phi) is 11.7. The maximum absolute atomic E-state index is 12.6. The number of carbonyl (C=O) groups excluding carboxylic acids is 1. The van der Waals surface area contributed by atoms with Gasteiger partial charge in [0.15, 0.2) is 5.96 Å². The molecule has 0 fully saturated rings. The monoisotopic (exact) mass is 568 g/mol. The number of halogens is 3. The zero-order valence-electron chi connectivity index (χ0n) is 17.8. The molecule has 11 heteroatoms. The maximum atomic E-state index is 12.6. The predicted molar refractivity (Wildman–Crippen MR) is 128 cm³/mol. The number of hydrogen-bond donors (Lipinski definition) is 2. The molecule has 0 radical (unpaired) electrons. The van der Waals surface area contributed by atoms with E-state index in [1.54, 1.807) is 32.0 Å². The van der Waals surface area contributed by atoms with Crippen LogP contribution in [-0.2, 0) is 11.3 Å². The summed E-state index contributed by atoms with van der Waals surface area (Å²) in [6, 6.07) is 6.30. The molecule has 1 atom stereocenters. The van der Waals surface area contributed by atoms with Crippen LogP contribution in [0.1, 0.15) is 52.7 Å². The van der Waals surface area contributed by atoms with Gasteiger partial charge in [0.1, 0.15) is 15.6 Å². The van der Waals surface area contributed by atoms with Gasteiger partial charge in [0.05, 0.1) is 24.9 Å². The number of para-hydroxylation sites is 1. The third-order valence-corrected chi connectivity index (χ3v) is 5.26. The third kappa shape index (κ3) is 8.20. The van der Waals surface area contributed by atoms with Crippen molar-refractivity contribution in [1.29, 1.82) is 0 Å². The third-order valence-electron chi connectivity index (χ3n) is 3.94.